The lowest BCUT2D eigenvalue weighted by Gasteiger charge is -2.45. The van der Waals surface area contributed by atoms with Crippen molar-refractivity contribution in [3.05, 3.63) is 106 Å². The summed E-state index contributed by atoms with van der Waals surface area (Å²) in [6, 6.07) is 17.1. The molecule has 53 heavy (non-hydrogen) atoms. The first-order chi connectivity index (χ1) is 25.7. The summed E-state index contributed by atoms with van der Waals surface area (Å²) in [5.74, 6) is -4.27. The van der Waals surface area contributed by atoms with Gasteiger partial charge in [-0.25, -0.2) is 8.78 Å². The molecule has 3 aromatic rings. The highest BCUT2D eigenvalue weighted by Gasteiger charge is 2.45. The quantitative estimate of drug-likeness (QED) is 0.133. The van der Waals surface area contributed by atoms with E-state index in [0.29, 0.717) is 63.9 Å². The molecular weight excluding hydrogens is 685 g/mol. The average molecular weight is 731 g/mol. The lowest BCUT2D eigenvalue weighted by atomic mass is 9.82. The van der Waals surface area contributed by atoms with Gasteiger partial charge in [0.2, 0.25) is 11.7 Å². The third-order valence-electron chi connectivity index (χ3n) is 10.8. The number of hydroxylamine groups is 2. The van der Waals surface area contributed by atoms with Gasteiger partial charge in [-0.2, -0.15) is 4.39 Å². The molecule has 2 saturated heterocycles. The number of halogens is 3. The fourth-order valence-corrected chi connectivity index (χ4v) is 7.89. The van der Waals surface area contributed by atoms with Crippen molar-refractivity contribution in [3.8, 4) is 5.75 Å². The van der Waals surface area contributed by atoms with Crippen LogP contribution in [0.15, 0.2) is 66.2 Å². The van der Waals surface area contributed by atoms with Crippen molar-refractivity contribution in [1.29, 1.82) is 0 Å². The first-order valence-electron chi connectivity index (χ1n) is 18.6. The molecule has 1 aliphatic carbocycles. The van der Waals surface area contributed by atoms with Crippen molar-refractivity contribution >= 4 is 23.9 Å². The molecule has 7 rings (SSSR count). The van der Waals surface area contributed by atoms with Crippen LogP contribution in [-0.2, 0) is 32.1 Å². The van der Waals surface area contributed by atoms with Crippen LogP contribution in [0.1, 0.15) is 60.8 Å². The van der Waals surface area contributed by atoms with Crippen LogP contribution in [0.4, 0.5) is 13.2 Å². The standard InChI is InChI=1S/C41H45F3N4O5/c1-26-6-8-28(9-7-26)18-20-47(31-14-15-31)41(51)37-32(22-30-23-46(24-35(37)45-30)40(50)36-5-2-19-48(36)53-25-49)29-12-10-27(11-13-29)4-3-21-52-39-34(43)17-16-33(42)38(39)44/h6-13,16-17,25,30-31,35-36,45H,2-5,14-15,18-24H2,1H3/t30-,35-,36?/m0/s1. The first-order valence-corrected chi connectivity index (χ1v) is 18.6. The van der Waals surface area contributed by atoms with Crippen LogP contribution in [0.2, 0.25) is 0 Å². The van der Waals surface area contributed by atoms with E-state index in [2.05, 4.69) is 36.5 Å². The second-order valence-electron chi connectivity index (χ2n) is 14.5. The molecule has 2 amide bonds. The van der Waals surface area contributed by atoms with Crippen LogP contribution < -0.4 is 10.1 Å². The largest absolute Gasteiger partial charge is 0.488 e. The molecule has 3 heterocycles. The van der Waals surface area contributed by atoms with Gasteiger partial charge in [0.1, 0.15) is 6.04 Å². The number of nitrogens with one attached hydrogen (secondary N) is 1. The molecule has 0 radical (unpaired) electrons. The van der Waals surface area contributed by atoms with Gasteiger partial charge in [-0.1, -0.05) is 54.1 Å². The molecule has 12 heteroatoms. The Labute approximate surface area is 307 Å². The van der Waals surface area contributed by atoms with E-state index in [4.69, 9.17) is 9.57 Å². The second kappa shape index (κ2) is 16.1. The lowest BCUT2D eigenvalue weighted by Crippen LogP contribution is -2.63. The maximum atomic E-state index is 14.8. The van der Waals surface area contributed by atoms with Crippen molar-refractivity contribution in [2.45, 2.75) is 82.5 Å². The minimum Gasteiger partial charge on any atom is -0.488 e. The fraction of sp³-hybridized carbons (Fsp3) is 0.439. The Hall–Kier alpha value is -4.68. The molecule has 3 aromatic carbocycles. The Morgan fingerprint density at radius 1 is 0.925 bits per heavy atom. The normalized spacial score (nSPS) is 21.4. The van der Waals surface area contributed by atoms with Crippen molar-refractivity contribution in [1.82, 2.24) is 20.2 Å². The number of fused-ring (bicyclic) bond motifs is 2. The van der Waals surface area contributed by atoms with Crippen molar-refractivity contribution in [2.75, 3.05) is 32.8 Å². The van der Waals surface area contributed by atoms with Crippen LogP contribution in [0.3, 0.4) is 0 Å². The zero-order chi connectivity index (χ0) is 37.1. The number of carbonyl (C=O) groups excluding carboxylic acids is 3. The molecule has 3 atom stereocenters. The van der Waals surface area contributed by atoms with Gasteiger partial charge in [0.05, 0.1) is 12.6 Å². The minimum absolute atomic E-state index is 0.00652. The zero-order valence-corrected chi connectivity index (χ0v) is 29.9. The smallest absolute Gasteiger partial charge is 0.313 e. The minimum atomic E-state index is -1.34. The van der Waals surface area contributed by atoms with E-state index in [0.717, 1.165) is 54.5 Å². The number of ether oxygens (including phenoxy) is 1. The molecule has 0 aromatic heterocycles. The molecule has 3 aliphatic heterocycles. The summed E-state index contributed by atoms with van der Waals surface area (Å²) in [6.07, 6.45) is 5.57. The van der Waals surface area contributed by atoms with E-state index >= 15 is 0 Å². The highest BCUT2D eigenvalue weighted by Crippen LogP contribution is 2.37. The number of aryl methyl sites for hydroxylation is 2. The number of benzene rings is 3. The summed E-state index contributed by atoms with van der Waals surface area (Å²) >= 11 is 0. The molecule has 1 unspecified atom stereocenters. The summed E-state index contributed by atoms with van der Waals surface area (Å²) in [7, 11) is 0. The van der Waals surface area contributed by atoms with Crippen LogP contribution in [0.25, 0.3) is 5.57 Å². The third-order valence-corrected chi connectivity index (χ3v) is 10.8. The highest BCUT2D eigenvalue weighted by atomic mass is 19.2. The molecule has 9 nitrogen and oxygen atoms in total. The van der Waals surface area contributed by atoms with Crippen molar-refractivity contribution in [2.24, 2.45) is 0 Å². The molecule has 2 bridgehead atoms. The molecule has 1 saturated carbocycles. The predicted molar refractivity (Wildman–Crippen MR) is 192 cm³/mol. The van der Waals surface area contributed by atoms with E-state index in [1.54, 1.807) is 0 Å². The summed E-state index contributed by atoms with van der Waals surface area (Å²) in [6.45, 7) is 4.31. The van der Waals surface area contributed by atoms with Crippen LogP contribution in [0, 0.1) is 24.4 Å². The van der Waals surface area contributed by atoms with Crippen LogP contribution in [0.5, 0.6) is 5.75 Å². The summed E-state index contributed by atoms with van der Waals surface area (Å²) < 4.78 is 46.8. The van der Waals surface area contributed by atoms with Gasteiger partial charge in [0.25, 0.3) is 5.91 Å². The van der Waals surface area contributed by atoms with Gasteiger partial charge in [0, 0.05) is 43.8 Å². The molecule has 1 N–H and O–H groups in total. The number of hydrogen-bond acceptors (Lipinski definition) is 7. The maximum Gasteiger partial charge on any atom is 0.313 e. The number of rotatable bonds is 14. The van der Waals surface area contributed by atoms with Gasteiger partial charge in [-0.3, -0.25) is 14.4 Å². The monoisotopic (exact) mass is 730 g/mol. The molecule has 4 aliphatic rings. The second-order valence-corrected chi connectivity index (χ2v) is 14.5. The summed E-state index contributed by atoms with van der Waals surface area (Å²) in [4.78, 5) is 48.7. The van der Waals surface area contributed by atoms with Crippen molar-refractivity contribution in [3.63, 3.8) is 0 Å². The van der Waals surface area contributed by atoms with Crippen molar-refractivity contribution < 1.29 is 37.1 Å². The van der Waals surface area contributed by atoms with Gasteiger partial charge in [-0.15, -0.1) is 5.06 Å². The molecule has 0 spiro atoms. The highest BCUT2D eigenvalue weighted by molar-refractivity contribution is 6.03. The summed E-state index contributed by atoms with van der Waals surface area (Å²) in [5, 5.41) is 5.13. The fourth-order valence-electron chi connectivity index (χ4n) is 7.89. The Kier molecular flexibility index (Phi) is 11.2. The number of hydrogen-bond donors (Lipinski definition) is 1. The number of amides is 2. The van der Waals surface area contributed by atoms with E-state index in [-0.39, 0.29) is 36.5 Å². The Bertz CT molecular complexity index is 1850. The Morgan fingerprint density at radius 2 is 1.64 bits per heavy atom. The van der Waals surface area contributed by atoms with Gasteiger partial charge in [-0.05, 0) is 92.7 Å². The zero-order valence-electron chi connectivity index (χ0n) is 29.9. The average Bonchev–Trinajstić information content (AvgIpc) is 3.90. The topological polar surface area (TPSA) is 91.4 Å². The Morgan fingerprint density at radius 3 is 2.38 bits per heavy atom. The first kappa shape index (κ1) is 36.7. The molecule has 3 fully saturated rings. The number of carbonyl (C=O) groups is 3. The van der Waals surface area contributed by atoms with Crippen LogP contribution >= 0.6 is 0 Å². The van der Waals surface area contributed by atoms with Gasteiger partial charge < -0.3 is 24.7 Å². The Balaban J connectivity index is 1.11. The van der Waals surface area contributed by atoms with E-state index in [1.165, 1.54) is 16.2 Å². The maximum absolute atomic E-state index is 14.8. The van der Waals surface area contributed by atoms with E-state index in [9.17, 15) is 27.6 Å². The molecule has 280 valence electrons. The van der Waals surface area contributed by atoms with E-state index < -0.39 is 29.2 Å². The van der Waals surface area contributed by atoms with E-state index in [1.807, 2.05) is 34.1 Å². The number of nitrogens with zero attached hydrogens (tertiary/aromatic N) is 3. The van der Waals surface area contributed by atoms with Gasteiger partial charge in [0.15, 0.2) is 17.4 Å². The third kappa shape index (κ3) is 8.28. The SMILES string of the molecule is Cc1ccc(CCN(C(=O)C2=C(c3ccc(CCCOc4c(F)ccc(F)c4F)cc3)C[C@H]3CN(C(=O)C4CCCN4OC=O)C[C@@H]2N3)C2CC2)cc1. The predicted octanol–water partition coefficient (Wildman–Crippen LogP) is 5.54. The number of piperazine rings is 1. The summed E-state index contributed by atoms with van der Waals surface area (Å²) in [5.41, 5.74) is 5.92. The van der Waals surface area contributed by atoms with Crippen LogP contribution in [-0.4, -0.2) is 90.1 Å². The van der Waals surface area contributed by atoms with Gasteiger partial charge >= 0.3 is 6.47 Å². The molecular formula is C41H45F3N4O5. The lowest BCUT2D eigenvalue weighted by molar-refractivity contribution is -0.183.